The zero-order valence-electron chi connectivity index (χ0n) is 16.7. The minimum absolute atomic E-state index is 0.148. The number of para-hydroxylation sites is 2. The van der Waals surface area contributed by atoms with Crippen LogP contribution < -0.4 is 9.64 Å². The van der Waals surface area contributed by atoms with Gasteiger partial charge < -0.3 is 14.5 Å². The smallest absolute Gasteiger partial charge is 0.254 e. The number of likely N-dealkylation sites (N-methyl/N-ethyl adjacent to an activating group) is 2. The minimum Gasteiger partial charge on any atom is -0.485 e. The molecule has 0 N–H and O–H groups in total. The van der Waals surface area contributed by atoms with E-state index in [2.05, 4.69) is 11.8 Å². The minimum atomic E-state index is -3.37. The molecule has 1 amide bonds. The summed E-state index contributed by atoms with van der Waals surface area (Å²) in [5.74, 6) is 0.602. The largest absolute Gasteiger partial charge is 0.485 e. The van der Waals surface area contributed by atoms with Gasteiger partial charge in [-0.25, -0.2) is 8.42 Å². The number of amides is 1. The summed E-state index contributed by atoms with van der Waals surface area (Å²) in [5, 5.41) is 0. The summed E-state index contributed by atoms with van der Waals surface area (Å²) in [6.45, 7) is 5.84. The number of carbonyl (C=O) groups is 1. The zero-order valence-corrected chi connectivity index (χ0v) is 17.5. The van der Waals surface area contributed by atoms with Crippen LogP contribution in [0.15, 0.2) is 47.4 Å². The monoisotopic (exact) mass is 402 g/mol. The second kappa shape index (κ2) is 7.83. The molecule has 1 aliphatic rings. The highest BCUT2D eigenvalue weighted by atomic mass is 32.2. The maximum atomic E-state index is 13.0. The lowest BCUT2D eigenvalue weighted by Gasteiger charge is -2.37. The summed E-state index contributed by atoms with van der Waals surface area (Å²) in [7, 11) is -1.66. The van der Waals surface area contributed by atoms with Crippen molar-refractivity contribution in [1.82, 2.24) is 4.90 Å². The second-order valence-electron chi connectivity index (χ2n) is 7.18. The summed E-state index contributed by atoms with van der Waals surface area (Å²) < 4.78 is 29.8. The van der Waals surface area contributed by atoms with Crippen molar-refractivity contribution in [3.63, 3.8) is 0 Å². The molecule has 0 unspecified atom stereocenters. The third-order valence-electron chi connectivity index (χ3n) is 5.00. The van der Waals surface area contributed by atoms with E-state index in [4.69, 9.17) is 4.74 Å². The molecule has 28 heavy (non-hydrogen) atoms. The van der Waals surface area contributed by atoms with Crippen molar-refractivity contribution in [2.75, 3.05) is 37.8 Å². The van der Waals surface area contributed by atoms with Gasteiger partial charge in [-0.05, 0) is 43.7 Å². The van der Waals surface area contributed by atoms with Crippen molar-refractivity contribution in [3.8, 4) is 5.75 Å². The number of carbonyl (C=O) groups excluding carboxylic acids is 1. The maximum Gasteiger partial charge on any atom is 0.254 e. The van der Waals surface area contributed by atoms with Gasteiger partial charge in [0.05, 0.1) is 23.7 Å². The van der Waals surface area contributed by atoms with Crippen LogP contribution in [0.5, 0.6) is 5.75 Å². The Balaban J connectivity index is 1.79. The van der Waals surface area contributed by atoms with Gasteiger partial charge >= 0.3 is 0 Å². The van der Waals surface area contributed by atoms with Crippen LogP contribution in [0.3, 0.4) is 0 Å². The molecule has 0 aromatic heterocycles. The van der Waals surface area contributed by atoms with E-state index in [0.717, 1.165) is 29.8 Å². The number of rotatable bonds is 5. The van der Waals surface area contributed by atoms with Crippen LogP contribution in [0.4, 0.5) is 5.69 Å². The van der Waals surface area contributed by atoms with Crippen molar-refractivity contribution in [2.24, 2.45) is 0 Å². The van der Waals surface area contributed by atoms with Gasteiger partial charge in [-0.15, -0.1) is 0 Å². The van der Waals surface area contributed by atoms with E-state index in [1.165, 1.54) is 12.1 Å². The molecule has 0 aliphatic carbocycles. The number of fused-ring (bicyclic) bond motifs is 1. The van der Waals surface area contributed by atoms with Crippen LogP contribution in [0.1, 0.15) is 22.8 Å². The molecule has 0 saturated carbocycles. The summed E-state index contributed by atoms with van der Waals surface area (Å²) >= 11 is 0. The highest BCUT2D eigenvalue weighted by Gasteiger charge is 2.27. The van der Waals surface area contributed by atoms with Crippen molar-refractivity contribution in [2.45, 2.75) is 24.8 Å². The molecule has 1 heterocycles. The van der Waals surface area contributed by atoms with E-state index in [0.29, 0.717) is 18.7 Å². The Hall–Kier alpha value is -2.54. The van der Waals surface area contributed by atoms with Gasteiger partial charge in [0.25, 0.3) is 5.91 Å². The number of aryl methyl sites for hydroxylation is 1. The fourth-order valence-electron chi connectivity index (χ4n) is 3.43. The van der Waals surface area contributed by atoms with Crippen molar-refractivity contribution in [1.29, 1.82) is 0 Å². The van der Waals surface area contributed by atoms with E-state index in [9.17, 15) is 13.2 Å². The molecule has 0 fully saturated rings. The van der Waals surface area contributed by atoms with Gasteiger partial charge in [0.1, 0.15) is 11.9 Å². The summed E-state index contributed by atoms with van der Waals surface area (Å²) in [5.41, 5.74) is 2.20. The van der Waals surface area contributed by atoms with Gasteiger partial charge in [-0.2, -0.15) is 0 Å². The maximum absolute atomic E-state index is 13.0. The van der Waals surface area contributed by atoms with Crippen LogP contribution in [-0.4, -0.2) is 58.3 Å². The Morgan fingerprint density at radius 3 is 2.64 bits per heavy atom. The van der Waals surface area contributed by atoms with Crippen LogP contribution in [0, 0.1) is 6.92 Å². The first-order chi connectivity index (χ1) is 13.2. The van der Waals surface area contributed by atoms with E-state index in [1.54, 1.807) is 24.9 Å². The van der Waals surface area contributed by atoms with E-state index in [1.807, 2.05) is 24.3 Å². The summed E-state index contributed by atoms with van der Waals surface area (Å²) in [6.07, 6.45) is 0.977. The fraction of sp³-hybridized carbons (Fsp3) is 0.381. The van der Waals surface area contributed by atoms with E-state index in [-0.39, 0.29) is 16.9 Å². The van der Waals surface area contributed by atoms with Gasteiger partial charge in [-0.1, -0.05) is 18.2 Å². The number of benzene rings is 2. The molecule has 2 aromatic rings. The number of anilines is 1. The molecule has 0 saturated heterocycles. The lowest BCUT2D eigenvalue weighted by Crippen LogP contribution is -2.46. The topological polar surface area (TPSA) is 66.9 Å². The summed E-state index contributed by atoms with van der Waals surface area (Å²) in [6, 6.07) is 12.5. The zero-order chi connectivity index (χ0) is 20.5. The molecule has 1 aliphatic heterocycles. The van der Waals surface area contributed by atoms with Crippen molar-refractivity contribution < 1.29 is 17.9 Å². The van der Waals surface area contributed by atoms with E-state index >= 15 is 0 Å². The quantitative estimate of drug-likeness (QED) is 0.769. The molecule has 6 nitrogen and oxygen atoms in total. The van der Waals surface area contributed by atoms with Crippen LogP contribution in [0.25, 0.3) is 0 Å². The van der Waals surface area contributed by atoms with E-state index < -0.39 is 9.84 Å². The number of nitrogens with zero attached hydrogens (tertiary/aromatic N) is 2. The molecule has 3 rings (SSSR count). The molecule has 0 radical (unpaired) electrons. The highest BCUT2D eigenvalue weighted by Crippen LogP contribution is 2.33. The Labute approximate surface area is 166 Å². The number of hydrogen-bond acceptors (Lipinski definition) is 5. The standard InChI is InChI=1S/C21H26N2O4S/c1-5-23-14-16(27-20-9-7-6-8-19(20)23)13-22(3)21(24)18-12-17(28(4,25)26)11-10-15(18)2/h6-12,16H,5,13-14H2,1-4H3/t16-/m0/s1. The third-order valence-corrected chi connectivity index (χ3v) is 6.11. The molecule has 2 aromatic carbocycles. The molecule has 150 valence electrons. The Bertz CT molecular complexity index is 988. The molecule has 0 spiro atoms. The lowest BCUT2D eigenvalue weighted by molar-refractivity contribution is 0.0708. The number of sulfone groups is 1. The average Bonchev–Trinajstić information content (AvgIpc) is 2.66. The first-order valence-electron chi connectivity index (χ1n) is 9.27. The van der Waals surface area contributed by atoms with Crippen LogP contribution in [-0.2, 0) is 9.84 Å². The van der Waals surface area contributed by atoms with Gasteiger partial charge in [-0.3, -0.25) is 4.79 Å². The van der Waals surface area contributed by atoms with Gasteiger partial charge in [0.2, 0.25) is 0 Å². The van der Waals surface area contributed by atoms with Gasteiger partial charge in [0.15, 0.2) is 9.84 Å². The van der Waals surface area contributed by atoms with Crippen molar-refractivity contribution >= 4 is 21.4 Å². The van der Waals surface area contributed by atoms with Crippen molar-refractivity contribution in [3.05, 3.63) is 53.6 Å². The first kappa shape index (κ1) is 20.2. The average molecular weight is 403 g/mol. The molecule has 0 bridgehead atoms. The Morgan fingerprint density at radius 1 is 1.25 bits per heavy atom. The Morgan fingerprint density at radius 2 is 1.96 bits per heavy atom. The second-order valence-corrected chi connectivity index (χ2v) is 9.20. The predicted octanol–water partition coefficient (Wildman–Crippen LogP) is 2.76. The van der Waals surface area contributed by atoms with Gasteiger partial charge in [0, 0.05) is 25.4 Å². The number of ether oxygens (including phenoxy) is 1. The number of hydrogen-bond donors (Lipinski definition) is 0. The predicted molar refractivity (Wildman–Crippen MR) is 110 cm³/mol. The van der Waals surface area contributed by atoms with Crippen LogP contribution in [0.2, 0.25) is 0 Å². The van der Waals surface area contributed by atoms with Crippen LogP contribution >= 0.6 is 0 Å². The molecular formula is C21H26N2O4S. The summed E-state index contributed by atoms with van der Waals surface area (Å²) in [4.78, 5) is 17.0. The normalized spacial score (nSPS) is 16.3. The molecule has 7 heteroatoms. The fourth-order valence-corrected chi connectivity index (χ4v) is 4.08. The third kappa shape index (κ3) is 4.14. The lowest BCUT2D eigenvalue weighted by atomic mass is 10.1. The molecular weight excluding hydrogens is 376 g/mol. The highest BCUT2D eigenvalue weighted by molar-refractivity contribution is 7.90. The first-order valence-corrected chi connectivity index (χ1v) is 11.2. The Kier molecular flexibility index (Phi) is 5.65. The SMILES string of the molecule is CCN1C[C@H](CN(C)C(=O)c2cc(S(C)(=O)=O)ccc2C)Oc2ccccc21. The molecule has 1 atom stereocenters.